The van der Waals surface area contributed by atoms with Crippen LogP contribution in [0, 0.1) is 0 Å². The molecule has 1 aliphatic carbocycles. The number of fused-ring (bicyclic) bond motifs is 1. The molecule has 2 N–H and O–H groups in total. The number of hydrogen-bond donors (Lipinski definition) is 2. The summed E-state index contributed by atoms with van der Waals surface area (Å²) in [6.07, 6.45) is 2.70. The third-order valence-electron chi connectivity index (χ3n) is 4.21. The molecule has 0 aliphatic heterocycles. The Labute approximate surface area is 130 Å². The van der Waals surface area contributed by atoms with Gasteiger partial charge in [0.25, 0.3) is 0 Å². The number of aryl methyl sites for hydroxylation is 1. The third kappa shape index (κ3) is 3.46. The van der Waals surface area contributed by atoms with Gasteiger partial charge in [0.2, 0.25) is 0 Å². The highest BCUT2D eigenvalue weighted by atomic mass is 35.5. The molecule has 3 heteroatoms. The number of aliphatic hydroxyl groups excluding tert-OH is 1. The van der Waals surface area contributed by atoms with Crippen molar-refractivity contribution < 1.29 is 5.11 Å². The van der Waals surface area contributed by atoms with Crippen LogP contribution >= 0.6 is 11.6 Å². The van der Waals surface area contributed by atoms with Gasteiger partial charge < -0.3 is 10.4 Å². The van der Waals surface area contributed by atoms with Gasteiger partial charge in [0.15, 0.2) is 0 Å². The predicted molar refractivity (Wildman–Crippen MR) is 86.7 cm³/mol. The first-order valence-corrected chi connectivity index (χ1v) is 7.84. The topological polar surface area (TPSA) is 32.3 Å². The molecule has 1 aliphatic rings. The van der Waals surface area contributed by atoms with Crippen molar-refractivity contribution in [2.75, 3.05) is 6.54 Å². The molecule has 2 nitrogen and oxygen atoms in total. The summed E-state index contributed by atoms with van der Waals surface area (Å²) in [7, 11) is 0. The molecule has 0 saturated heterocycles. The van der Waals surface area contributed by atoms with Crippen molar-refractivity contribution in [1.29, 1.82) is 0 Å². The molecular weight excluding hydrogens is 282 g/mol. The lowest BCUT2D eigenvalue weighted by Crippen LogP contribution is -2.37. The first kappa shape index (κ1) is 14.6. The number of rotatable bonds is 4. The van der Waals surface area contributed by atoms with Crippen molar-refractivity contribution in [3.8, 4) is 0 Å². The zero-order valence-corrected chi connectivity index (χ0v) is 12.7. The van der Waals surface area contributed by atoms with Gasteiger partial charge in [-0.3, -0.25) is 0 Å². The average molecular weight is 302 g/mol. The van der Waals surface area contributed by atoms with Gasteiger partial charge >= 0.3 is 0 Å². The van der Waals surface area contributed by atoms with Gasteiger partial charge in [0.1, 0.15) is 0 Å². The lowest BCUT2D eigenvalue weighted by Gasteiger charge is -2.26. The highest BCUT2D eigenvalue weighted by Gasteiger charge is 2.19. The Balaban J connectivity index is 1.58. The van der Waals surface area contributed by atoms with Gasteiger partial charge in [-0.2, -0.15) is 0 Å². The van der Waals surface area contributed by atoms with Crippen molar-refractivity contribution in [2.45, 2.75) is 31.4 Å². The van der Waals surface area contributed by atoms with Crippen molar-refractivity contribution in [1.82, 2.24) is 5.32 Å². The molecular formula is C18H20ClNO. The van der Waals surface area contributed by atoms with E-state index in [0.29, 0.717) is 17.6 Å². The van der Waals surface area contributed by atoms with Gasteiger partial charge in [-0.1, -0.05) is 54.1 Å². The van der Waals surface area contributed by atoms with E-state index in [4.69, 9.17) is 11.6 Å². The quantitative estimate of drug-likeness (QED) is 0.905. The second-order valence-corrected chi connectivity index (χ2v) is 6.06. The first-order valence-electron chi connectivity index (χ1n) is 7.46. The van der Waals surface area contributed by atoms with Crippen molar-refractivity contribution in [3.63, 3.8) is 0 Å². The molecule has 0 spiro atoms. The van der Waals surface area contributed by atoms with Gasteiger partial charge in [0.05, 0.1) is 6.10 Å². The highest BCUT2D eigenvalue weighted by Crippen LogP contribution is 2.24. The fraction of sp³-hybridized carbons (Fsp3) is 0.333. The fourth-order valence-corrected chi connectivity index (χ4v) is 3.27. The van der Waals surface area contributed by atoms with E-state index in [2.05, 4.69) is 29.6 Å². The summed E-state index contributed by atoms with van der Waals surface area (Å²) in [4.78, 5) is 0. The van der Waals surface area contributed by atoms with E-state index >= 15 is 0 Å². The minimum atomic E-state index is -0.559. The number of hydrogen-bond acceptors (Lipinski definition) is 2. The maximum absolute atomic E-state index is 10.3. The average Bonchev–Trinajstić information content (AvgIpc) is 2.53. The molecule has 2 aromatic carbocycles. The van der Waals surface area contributed by atoms with Crippen molar-refractivity contribution in [3.05, 3.63) is 70.2 Å². The molecule has 0 bridgehead atoms. The van der Waals surface area contributed by atoms with E-state index in [1.54, 1.807) is 0 Å². The summed E-state index contributed by atoms with van der Waals surface area (Å²) in [6, 6.07) is 16.5. The summed E-state index contributed by atoms with van der Waals surface area (Å²) in [5.74, 6) is 0. The third-order valence-corrected chi connectivity index (χ3v) is 4.56. The molecule has 2 unspecified atom stereocenters. The number of halogens is 1. The molecule has 0 fully saturated rings. The molecule has 0 heterocycles. The van der Waals surface area contributed by atoms with E-state index in [0.717, 1.165) is 24.8 Å². The van der Waals surface area contributed by atoms with Crippen LogP contribution in [0.4, 0.5) is 0 Å². The highest BCUT2D eigenvalue weighted by molar-refractivity contribution is 6.31. The van der Waals surface area contributed by atoms with Crippen molar-refractivity contribution in [2.24, 2.45) is 0 Å². The summed E-state index contributed by atoms with van der Waals surface area (Å²) in [5, 5.41) is 14.4. The molecule has 0 aromatic heterocycles. The van der Waals surface area contributed by atoms with Crippen LogP contribution in [-0.2, 0) is 12.8 Å². The molecule has 2 atom stereocenters. The standard InChI is InChI=1S/C18H20ClNO/c19-17-8-4-3-7-16(17)18(21)12-20-15-10-9-13-5-1-2-6-14(13)11-15/h1-8,15,18,20-21H,9-12H2. The Morgan fingerprint density at radius 2 is 1.81 bits per heavy atom. The maximum Gasteiger partial charge on any atom is 0.0928 e. The van der Waals surface area contributed by atoms with Crippen LogP contribution in [0.3, 0.4) is 0 Å². The second kappa shape index (κ2) is 6.61. The Morgan fingerprint density at radius 1 is 1.10 bits per heavy atom. The molecule has 0 amide bonds. The first-order chi connectivity index (χ1) is 10.2. The van der Waals surface area contributed by atoms with Crippen LogP contribution in [0.5, 0.6) is 0 Å². The zero-order chi connectivity index (χ0) is 14.7. The summed E-state index contributed by atoms with van der Waals surface area (Å²) >= 11 is 6.12. The monoisotopic (exact) mass is 301 g/mol. The summed E-state index contributed by atoms with van der Waals surface area (Å²) in [5.41, 5.74) is 3.68. The maximum atomic E-state index is 10.3. The summed E-state index contributed by atoms with van der Waals surface area (Å²) in [6.45, 7) is 0.538. The van der Waals surface area contributed by atoms with Crippen LogP contribution < -0.4 is 5.32 Å². The van der Waals surface area contributed by atoms with E-state index in [1.165, 1.54) is 11.1 Å². The van der Waals surface area contributed by atoms with Gasteiger partial charge in [-0.25, -0.2) is 0 Å². The van der Waals surface area contributed by atoms with Crippen molar-refractivity contribution >= 4 is 11.6 Å². The van der Waals surface area contributed by atoms with E-state index in [1.807, 2.05) is 24.3 Å². The Hall–Kier alpha value is -1.35. The van der Waals surface area contributed by atoms with Gasteiger partial charge in [0, 0.05) is 23.2 Å². The van der Waals surface area contributed by atoms with Crippen LogP contribution in [0.25, 0.3) is 0 Å². The van der Waals surface area contributed by atoms with Gasteiger partial charge in [-0.15, -0.1) is 0 Å². The Morgan fingerprint density at radius 3 is 2.62 bits per heavy atom. The summed E-state index contributed by atoms with van der Waals surface area (Å²) < 4.78 is 0. The SMILES string of the molecule is OC(CNC1CCc2ccccc2C1)c1ccccc1Cl. The van der Waals surface area contributed by atoms with E-state index in [9.17, 15) is 5.11 Å². The normalized spacial score (nSPS) is 19.0. The molecule has 21 heavy (non-hydrogen) atoms. The predicted octanol–water partition coefficient (Wildman–Crippen LogP) is 3.52. The molecule has 0 saturated carbocycles. The largest absolute Gasteiger partial charge is 0.387 e. The van der Waals surface area contributed by atoms with Crippen LogP contribution in [-0.4, -0.2) is 17.7 Å². The van der Waals surface area contributed by atoms with E-state index < -0.39 is 6.10 Å². The van der Waals surface area contributed by atoms with Crippen LogP contribution in [0.2, 0.25) is 5.02 Å². The second-order valence-electron chi connectivity index (χ2n) is 5.65. The van der Waals surface area contributed by atoms with Crippen LogP contribution in [0.15, 0.2) is 48.5 Å². The van der Waals surface area contributed by atoms with E-state index in [-0.39, 0.29) is 0 Å². The minimum Gasteiger partial charge on any atom is -0.387 e. The van der Waals surface area contributed by atoms with Gasteiger partial charge in [-0.05, 0) is 36.5 Å². The minimum absolute atomic E-state index is 0.428. The number of benzene rings is 2. The molecule has 2 aromatic rings. The molecule has 110 valence electrons. The van der Waals surface area contributed by atoms with Crippen LogP contribution in [0.1, 0.15) is 29.2 Å². The fourth-order valence-electron chi connectivity index (χ4n) is 3.01. The Kier molecular flexibility index (Phi) is 4.59. The molecule has 0 radical (unpaired) electrons. The number of nitrogens with one attached hydrogen (secondary N) is 1. The smallest absolute Gasteiger partial charge is 0.0928 e. The lowest BCUT2D eigenvalue weighted by atomic mass is 9.88. The Bertz CT molecular complexity index is 614. The number of aliphatic hydroxyl groups is 1. The lowest BCUT2D eigenvalue weighted by molar-refractivity contribution is 0.168. The molecule has 3 rings (SSSR count). The zero-order valence-electron chi connectivity index (χ0n) is 11.9.